The molecule has 0 aromatic heterocycles. The van der Waals surface area contributed by atoms with E-state index in [2.05, 4.69) is 13.0 Å². The Labute approximate surface area is 84.5 Å². The molecule has 0 heterocycles. The van der Waals surface area contributed by atoms with Crippen molar-refractivity contribution in [1.29, 1.82) is 10.5 Å². The molecule has 0 unspecified atom stereocenters. The first-order valence-corrected chi connectivity index (χ1v) is 4.72. The van der Waals surface area contributed by atoms with Gasteiger partial charge in [0.2, 0.25) is 0 Å². The maximum atomic E-state index is 8.87. The van der Waals surface area contributed by atoms with Gasteiger partial charge in [-0.2, -0.15) is 10.5 Å². The number of allylic oxidation sites excluding steroid dienone is 6. The summed E-state index contributed by atoms with van der Waals surface area (Å²) in [4.78, 5) is 0. The molecule has 2 heteroatoms. The lowest BCUT2D eigenvalue weighted by atomic mass is 10.0. The molecule has 0 aromatic rings. The summed E-state index contributed by atoms with van der Waals surface area (Å²) in [7, 11) is 0. The average molecular weight is 184 g/mol. The number of hydrogen-bond donors (Lipinski definition) is 0. The highest BCUT2D eigenvalue weighted by Crippen LogP contribution is 2.20. The third-order valence-electron chi connectivity index (χ3n) is 2.12. The molecule has 0 aliphatic heterocycles. The smallest absolute Gasteiger partial charge is 0.101 e. The van der Waals surface area contributed by atoms with Crippen LogP contribution < -0.4 is 0 Å². The van der Waals surface area contributed by atoms with Gasteiger partial charge in [0.25, 0.3) is 0 Å². The van der Waals surface area contributed by atoms with Crippen LogP contribution in [-0.4, -0.2) is 0 Å². The van der Waals surface area contributed by atoms with Crippen LogP contribution in [0.5, 0.6) is 0 Å². The van der Waals surface area contributed by atoms with Gasteiger partial charge < -0.3 is 0 Å². The van der Waals surface area contributed by atoms with Gasteiger partial charge in [0.15, 0.2) is 0 Å². The van der Waals surface area contributed by atoms with Crippen molar-refractivity contribution in [3.05, 3.63) is 34.9 Å². The van der Waals surface area contributed by atoms with Crippen molar-refractivity contribution < 1.29 is 0 Å². The summed E-state index contributed by atoms with van der Waals surface area (Å²) < 4.78 is 0. The summed E-state index contributed by atoms with van der Waals surface area (Å²) in [6.07, 6.45) is 8.45. The molecule has 0 atom stereocenters. The summed E-state index contributed by atoms with van der Waals surface area (Å²) in [5, 5.41) is 17.7. The molecule has 70 valence electrons. The molecule has 0 N–H and O–H groups in total. The second-order valence-electron chi connectivity index (χ2n) is 3.21. The van der Waals surface area contributed by atoms with Crippen LogP contribution >= 0.6 is 0 Å². The molecule has 0 aromatic carbocycles. The topological polar surface area (TPSA) is 47.6 Å². The zero-order chi connectivity index (χ0) is 10.4. The Morgan fingerprint density at radius 1 is 1.29 bits per heavy atom. The van der Waals surface area contributed by atoms with Crippen LogP contribution in [0, 0.1) is 22.7 Å². The predicted molar refractivity (Wildman–Crippen MR) is 55.0 cm³/mol. The standard InChI is InChI=1S/C12H12N2/c1-2-4-10-5-3-6-11(8-13)12(7-10)9-14/h3,6-7H,2,4-5H2,1H3. The molecule has 0 spiro atoms. The summed E-state index contributed by atoms with van der Waals surface area (Å²) in [5.41, 5.74) is 2.19. The largest absolute Gasteiger partial charge is 0.192 e. The van der Waals surface area contributed by atoms with Crippen molar-refractivity contribution >= 4 is 0 Å². The van der Waals surface area contributed by atoms with Gasteiger partial charge >= 0.3 is 0 Å². The molecular formula is C12H12N2. The van der Waals surface area contributed by atoms with Crippen molar-refractivity contribution in [2.75, 3.05) is 0 Å². The molecule has 0 saturated carbocycles. The summed E-state index contributed by atoms with van der Waals surface area (Å²) in [5.74, 6) is 0. The number of rotatable bonds is 2. The highest BCUT2D eigenvalue weighted by molar-refractivity contribution is 5.52. The quantitative estimate of drug-likeness (QED) is 0.662. The Morgan fingerprint density at radius 2 is 2.00 bits per heavy atom. The first kappa shape index (κ1) is 10.3. The first-order valence-electron chi connectivity index (χ1n) is 4.72. The SMILES string of the molecule is CCCC1=CC(C#N)=C(C#N)C=CC1. The first-order chi connectivity index (χ1) is 6.81. The summed E-state index contributed by atoms with van der Waals surface area (Å²) in [6, 6.07) is 4.10. The highest BCUT2D eigenvalue weighted by atomic mass is 14.3. The van der Waals surface area contributed by atoms with E-state index in [1.54, 1.807) is 6.08 Å². The van der Waals surface area contributed by atoms with E-state index in [4.69, 9.17) is 10.5 Å². The second-order valence-corrected chi connectivity index (χ2v) is 3.21. The van der Waals surface area contributed by atoms with Gasteiger partial charge in [-0.15, -0.1) is 0 Å². The fourth-order valence-corrected chi connectivity index (χ4v) is 1.44. The van der Waals surface area contributed by atoms with E-state index in [1.165, 1.54) is 5.57 Å². The van der Waals surface area contributed by atoms with Gasteiger partial charge in [0, 0.05) is 0 Å². The van der Waals surface area contributed by atoms with Gasteiger partial charge in [-0.3, -0.25) is 0 Å². The monoisotopic (exact) mass is 184 g/mol. The van der Waals surface area contributed by atoms with Gasteiger partial charge in [0.05, 0.1) is 11.1 Å². The minimum Gasteiger partial charge on any atom is -0.192 e. The minimum absolute atomic E-state index is 0.471. The molecule has 0 amide bonds. The lowest BCUT2D eigenvalue weighted by Gasteiger charge is -1.99. The van der Waals surface area contributed by atoms with Crippen molar-refractivity contribution in [3.8, 4) is 12.1 Å². The molecule has 1 aliphatic carbocycles. The molecule has 14 heavy (non-hydrogen) atoms. The van der Waals surface area contributed by atoms with Crippen molar-refractivity contribution in [2.45, 2.75) is 26.2 Å². The van der Waals surface area contributed by atoms with Crippen LogP contribution in [0.25, 0.3) is 0 Å². The average Bonchev–Trinajstić information content (AvgIpc) is 2.40. The van der Waals surface area contributed by atoms with Crippen LogP contribution in [0.2, 0.25) is 0 Å². The lowest BCUT2D eigenvalue weighted by Crippen LogP contribution is -1.83. The van der Waals surface area contributed by atoms with Crippen molar-refractivity contribution in [1.82, 2.24) is 0 Å². The van der Waals surface area contributed by atoms with Crippen LogP contribution in [0.4, 0.5) is 0 Å². The van der Waals surface area contributed by atoms with Crippen LogP contribution in [-0.2, 0) is 0 Å². The summed E-state index contributed by atoms with van der Waals surface area (Å²) >= 11 is 0. The van der Waals surface area contributed by atoms with Gasteiger partial charge in [-0.05, 0) is 25.0 Å². The van der Waals surface area contributed by atoms with Crippen molar-refractivity contribution in [3.63, 3.8) is 0 Å². The maximum absolute atomic E-state index is 8.87. The zero-order valence-corrected chi connectivity index (χ0v) is 8.25. The maximum Gasteiger partial charge on any atom is 0.101 e. The van der Waals surface area contributed by atoms with E-state index in [9.17, 15) is 0 Å². The zero-order valence-electron chi connectivity index (χ0n) is 8.25. The van der Waals surface area contributed by atoms with E-state index < -0.39 is 0 Å². The molecule has 1 aliphatic rings. The highest BCUT2D eigenvalue weighted by Gasteiger charge is 2.05. The molecule has 0 bridgehead atoms. The van der Waals surface area contributed by atoms with E-state index in [0.29, 0.717) is 11.1 Å². The Bertz CT molecular complexity index is 384. The normalized spacial score (nSPS) is 15.5. The van der Waals surface area contributed by atoms with Crippen LogP contribution in [0.15, 0.2) is 34.9 Å². The molecule has 0 saturated heterocycles. The third-order valence-corrected chi connectivity index (χ3v) is 2.12. The number of hydrogen-bond acceptors (Lipinski definition) is 2. The fourth-order valence-electron chi connectivity index (χ4n) is 1.44. The van der Waals surface area contributed by atoms with Crippen molar-refractivity contribution in [2.24, 2.45) is 0 Å². The fraction of sp³-hybridized carbons (Fsp3) is 0.333. The summed E-state index contributed by atoms with van der Waals surface area (Å²) in [6.45, 7) is 2.11. The molecule has 1 rings (SSSR count). The number of nitriles is 2. The molecule has 2 nitrogen and oxygen atoms in total. The number of nitrogens with zero attached hydrogens (tertiary/aromatic N) is 2. The minimum atomic E-state index is 0.471. The third kappa shape index (κ3) is 2.34. The Hall–Kier alpha value is -1.80. The Balaban J connectivity index is 3.06. The van der Waals surface area contributed by atoms with E-state index in [0.717, 1.165) is 19.3 Å². The predicted octanol–water partition coefficient (Wildman–Crippen LogP) is 3.02. The van der Waals surface area contributed by atoms with Gasteiger partial charge in [-0.1, -0.05) is 25.0 Å². The van der Waals surface area contributed by atoms with Crippen LogP contribution in [0.3, 0.4) is 0 Å². The van der Waals surface area contributed by atoms with E-state index in [-0.39, 0.29) is 0 Å². The molecular weight excluding hydrogens is 172 g/mol. The van der Waals surface area contributed by atoms with Gasteiger partial charge in [0.1, 0.15) is 12.1 Å². The van der Waals surface area contributed by atoms with E-state index in [1.807, 2.05) is 18.2 Å². The molecule has 0 fully saturated rings. The molecule has 0 radical (unpaired) electrons. The Morgan fingerprint density at radius 3 is 2.57 bits per heavy atom. The lowest BCUT2D eigenvalue weighted by molar-refractivity contribution is 0.880. The second kappa shape index (κ2) is 5.04. The Kier molecular flexibility index (Phi) is 3.70. The van der Waals surface area contributed by atoms with E-state index >= 15 is 0 Å². The van der Waals surface area contributed by atoms with Crippen LogP contribution in [0.1, 0.15) is 26.2 Å². The van der Waals surface area contributed by atoms with Gasteiger partial charge in [-0.25, -0.2) is 0 Å².